The molecule has 2 aromatic rings. The molecular formula is C19H27N3O3S. The minimum Gasteiger partial charge on any atom is -0.494 e. The molecule has 0 aliphatic rings. The second kappa shape index (κ2) is 8.51. The quantitative estimate of drug-likeness (QED) is 0.752. The number of aromatic nitrogens is 1. The molecule has 1 heterocycles. The van der Waals surface area contributed by atoms with Crippen molar-refractivity contribution in [3.63, 3.8) is 0 Å². The van der Waals surface area contributed by atoms with E-state index in [-0.39, 0.29) is 17.0 Å². The van der Waals surface area contributed by atoms with Crippen LogP contribution in [0.4, 0.5) is 11.5 Å². The van der Waals surface area contributed by atoms with Gasteiger partial charge in [0.1, 0.15) is 16.5 Å². The standard InChI is InChI=1S/C19H27N3O3S/c1-6-25-17-9-7-16(8-10-17)21-19-12-11-18(13-20-19)26(23,24)22(14(2)3)15(4)5/h7-15H,6H2,1-5H3,(H,20,21). The maximum atomic E-state index is 12.8. The Balaban J connectivity index is 2.17. The van der Waals surface area contributed by atoms with E-state index in [0.717, 1.165) is 11.4 Å². The minimum atomic E-state index is -3.57. The summed E-state index contributed by atoms with van der Waals surface area (Å²) in [4.78, 5) is 4.44. The van der Waals surface area contributed by atoms with Crippen LogP contribution in [0.3, 0.4) is 0 Å². The summed E-state index contributed by atoms with van der Waals surface area (Å²) < 4.78 is 32.6. The molecule has 0 unspecified atom stereocenters. The highest BCUT2D eigenvalue weighted by molar-refractivity contribution is 7.89. The minimum absolute atomic E-state index is 0.123. The van der Waals surface area contributed by atoms with Crippen LogP contribution in [-0.2, 0) is 10.0 Å². The predicted molar refractivity (Wildman–Crippen MR) is 104 cm³/mol. The number of pyridine rings is 1. The zero-order valence-electron chi connectivity index (χ0n) is 15.9. The van der Waals surface area contributed by atoms with Crippen molar-refractivity contribution in [2.75, 3.05) is 11.9 Å². The van der Waals surface area contributed by atoms with Crippen LogP contribution in [0.15, 0.2) is 47.5 Å². The fourth-order valence-electron chi connectivity index (χ4n) is 2.83. The summed E-state index contributed by atoms with van der Waals surface area (Å²) in [5, 5.41) is 3.15. The van der Waals surface area contributed by atoms with Gasteiger partial charge < -0.3 is 10.1 Å². The van der Waals surface area contributed by atoms with Gasteiger partial charge in [0.15, 0.2) is 0 Å². The van der Waals surface area contributed by atoms with Gasteiger partial charge in [0.05, 0.1) is 6.61 Å². The molecule has 0 fully saturated rings. The highest BCUT2D eigenvalue weighted by Crippen LogP contribution is 2.23. The monoisotopic (exact) mass is 377 g/mol. The molecule has 142 valence electrons. The molecule has 6 nitrogen and oxygen atoms in total. The lowest BCUT2D eigenvalue weighted by atomic mass is 10.3. The van der Waals surface area contributed by atoms with Crippen LogP contribution in [0.5, 0.6) is 5.75 Å². The highest BCUT2D eigenvalue weighted by atomic mass is 32.2. The van der Waals surface area contributed by atoms with Gasteiger partial charge in [0, 0.05) is 24.0 Å². The summed E-state index contributed by atoms with van der Waals surface area (Å²) in [6.45, 7) is 10.0. The Kier molecular flexibility index (Phi) is 6.61. The normalized spacial score (nSPS) is 12.0. The molecule has 7 heteroatoms. The van der Waals surface area contributed by atoms with Gasteiger partial charge in [-0.05, 0) is 71.0 Å². The topological polar surface area (TPSA) is 71.5 Å². The molecule has 0 saturated heterocycles. The summed E-state index contributed by atoms with van der Waals surface area (Å²) >= 11 is 0. The maximum Gasteiger partial charge on any atom is 0.245 e. The Bertz CT molecular complexity index is 793. The molecule has 0 aliphatic heterocycles. The average molecular weight is 378 g/mol. The molecule has 26 heavy (non-hydrogen) atoms. The largest absolute Gasteiger partial charge is 0.494 e. The molecule has 1 N–H and O–H groups in total. The van der Waals surface area contributed by atoms with Crippen LogP contribution in [0.2, 0.25) is 0 Å². The van der Waals surface area contributed by atoms with E-state index < -0.39 is 10.0 Å². The molecule has 0 atom stereocenters. The number of anilines is 2. The van der Waals surface area contributed by atoms with Crippen LogP contribution in [-0.4, -0.2) is 36.4 Å². The van der Waals surface area contributed by atoms with Crippen LogP contribution in [0, 0.1) is 0 Å². The molecule has 0 amide bonds. The van der Waals surface area contributed by atoms with Crippen molar-refractivity contribution in [2.24, 2.45) is 0 Å². The lowest BCUT2D eigenvalue weighted by Crippen LogP contribution is -2.41. The van der Waals surface area contributed by atoms with Gasteiger partial charge in [-0.2, -0.15) is 4.31 Å². The van der Waals surface area contributed by atoms with Crippen LogP contribution < -0.4 is 10.1 Å². The fraction of sp³-hybridized carbons (Fsp3) is 0.421. The zero-order valence-corrected chi connectivity index (χ0v) is 16.7. The summed E-state index contributed by atoms with van der Waals surface area (Å²) in [6.07, 6.45) is 1.39. The van der Waals surface area contributed by atoms with E-state index in [1.165, 1.54) is 10.5 Å². The van der Waals surface area contributed by atoms with E-state index in [0.29, 0.717) is 12.4 Å². The second-order valence-corrected chi connectivity index (χ2v) is 8.33. The van der Waals surface area contributed by atoms with Crippen LogP contribution >= 0.6 is 0 Å². The van der Waals surface area contributed by atoms with E-state index >= 15 is 0 Å². The molecule has 0 aliphatic carbocycles. The Labute approximate surface area is 156 Å². The van der Waals surface area contributed by atoms with E-state index in [9.17, 15) is 8.42 Å². The maximum absolute atomic E-state index is 12.8. The summed E-state index contributed by atoms with van der Waals surface area (Å²) in [5.74, 6) is 1.38. The molecular weight excluding hydrogens is 350 g/mol. The number of ether oxygens (including phenoxy) is 1. The van der Waals surface area contributed by atoms with E-state index in [1.54, 1.807) is 12.1 Å². The van der Waals surface area contributed by atoms with Crippen molar-refractivity contribution < 1.29 is 13.2 Å². The van der Waals surface area contributed by atoms with Gasteiger partial charge in [0.25, 0.3) is 0 Å². The third-order valence-corrected chi connectivity index (χ3v) is 6.00. The first-order valence-electron chi connectivity index (χ1n) is 8.75. The lowest BCUT2D eigenvalue weighted by Gasteiger charge is -2.29. The summed E-state index contributed by atoms with van der Waals surface area (Å²) in [7, 11) is -3.57. The van der Waals surface area contributed by atoms with Gasteiger partial charge in [-0.1, -0.05) is 0 Å². The highest BCUT2D eigenvalue weighted by Gasteiger charge is 2.29. The molecule has 0 radical (unpaired) electrons. The Morgan fingerprint density at radius 3 is 2.12 bits per heavy atom. The van der Waals surface area contributed by atoms with Gasteiger partial charge >= 0.3 is 0 Å². The first kappa shape index (κ1) is 20.2. The van der Waals surface area contributed by atoms with Crippen LogP contribution in [0.1, 0.15) is 34.6 Å². The number of nitrogens with zero attached hydrogens (tertiary/aromatic N) is 2. The van der Waals surface area contributed by atoms with Crippen molar-refractivity contribution >= 4 is 21.5 Å². The second-order valence-electron chi connectivity index (χ2n) is 6.48. The Hall–Kier alpha value is -2.12. The predicted octanol–water partition coefficient (Wildman–Crippen LogP) is 4.03. The molecule has 1 aromatic carbocycles. The van der Waals surface area contributed by atoms with E-state index in [4.69, 9.17) is 4.74 Å². The molecule has 1 aromatic heterocycles. The van der Waals surface area contributed by atoms with E-state index in [2.05, 4.69) is 10.3 Å². The zero-order chi connectivity index (χ0) is 19.3. The van der Waals surface area contributed by atoms with Gasteiger partial charge in [0.2, 0.25) is 10.0 Å². The average Bonchev–Trinajstić information content (AvgIpc) is 2.56. The number of hydrogen-bond acceptors (Lipinski definition) is 5. The number of benzene rings is 1. The SMILES string of the molecule is CCOc1ccc(Nc2ccc(S(=O)(=O)N(C(C)C)C(C)C)cn2)cc1. The van der Waals surface area contributed by atoms with Crippen molar-refractivity contribution in [3.8, 4) is 5.75 Å². The van der Waals surface area contributed by atoms with Crippen molar-refractivity contribution in [1.82, 2.24) is 9.29 Å². The number of nitrogens with one attached hydrogen (secondary N) is 1. The Morgan fingerprint density at radius 1 is 1.04 bits per heavy atom. The third kappa shape index (κ3) is 4.74. The van der Waals surface area contributed by atoms with Crippen molar-refractivity contribution in [2.45, 2.75) is 51.6 Å². The van der Waals surface area contributed by atoms with Crippen molar-refractivity contribution in [1.29, 1.82) is 0 Å². The third-order valence-electron chi connectivity index (χ3n) is 3.77. The van der Waals surface area contributed by atoms with Gasteiger partial charge in [-0.3, -0.25) is 0 Å². The number of rotatable bonds is 8. The van der Waals surface area contributed by atoms with Crippen LogP contribution in [0.25, 0.3) is 0 Å². The molecule has 0 saturated carbocycles. The summed E-state index contributed by atoms with van der Waals surface area (Å²) in [5.41, 5.74) is 0.850. The first-order valence-corrected chi connectivity index (χ1v) is 10.2. The smallest absolute Gasteiger partial charge is 0.245 e. The summed E-state index contributed by atoms with van der Waals surface area (Å²) in [6, 6.07) is 10.5. The Morgan fingerprint density at radius 2 is 1.65 bits per heavy atom. The number of hydrogen-bond donors (Lipinski definition) is 1. The van der Waals surface area contributed by atoms with Gasteiger partial charge in [-0.15, -0.1) is 0 Å². The molecule has 2 rings (SSSR count). The lowest BCUT2D eigenvalue weighted by molar-refractivity contribution is 0.302. The fourth-order valence-corrected chi connectivity index (χ4v) is 4.61. The van der Waals surface area contributed by atoms with Crippen molar-refractivity contribution in [3.05, 3.63) is 42.6 Å². The van der Waals surface area contributed by atoms with E-state index in [1.807, 2.05) is 58.9 Å². The van der Waals surface area contributed by atoms with Gasteiger partial charge in [-0.25, -0.2) is 13.4 Å². The number of sulfonamides is 1. The first-order chi connectivity index (χ1) is 12.3. The molecule has 0 bridgehead atoms. The molecule has 0 spiro atoms.